The molecule has 0 radical (unpaired) electrons. The summed E-state index contributed by atoms with van der Waals surface area (Å²) >= 11 is 0. The molecule has 15 heteroatoms. The first-order valence-electron chi connectivity index (χ1n) is 10.3. The number of ether oxygens (including phenoxy) is 1. The summed E-state index contributed by atoms with van der Waals surface area (Å²) in [5, 5.41) is 10.4. The summed E-state index contributed by atoms with van der Waals surface area (Å²) in [6.45, 7) is 1.93. The standard InChI is InChI=1S/C19H20F6N6O3/c20-18(21,22)12-1-2-14(26-9-12)27-15(32)10-30-3-5-31(6-4-30)17-29-28-16(33-17)11-7-13(8-11)34-19(23,24)25/h1-2,9,11,13H,3-8,10H2,(H,26,27,32). The Labute approximate surface area is 189 Å². The highest BCUT2D eigenvalue weighted by molar-refractivity contribution is 5.91. The van der Waals surface area contributed by atoms with Crippen LogP contribution in [0.5, 0.6) is 0 Å². The van der Waals surface area contributed by atoms with Crippen LogP contribution in [0.15, 0.2) is 22.7 Å². The van der Waals surface area contributed by atoms with Gasteiger partial charge in [0.15, 0.2) is 0 Å². The molecule has 0 bridgehead atoms. The molecule has 186 valence electrons. The SMILES string of the molecule is O=C(CN1CCN(c2nnc(C3CC(OC(F)(F)F)C3)o2)CC1)Nc1ccc(C(F)(F)F)cn1. The van der Waals surface area contributed by atoms with E-state index in [0.29, 0.717) is 32.4 Å². The summed E-state index contributed by atoms with van der Waals surface area (Å²) < 4.78 is 84.0. The van der Waals surface area contributed by atoms with Crippen molar-refractivity contribution in [3.63, 3.8) is 0 Å². The van der Waals surface area contributed by atoms with Gasteiger partial charge in [-0.1, -0.05) is 5.10 Å². The molecule has 2 aromatic rings. The van der Waals surface area contributed by atoms with Gasteiger partial charge < -0.3 is 14.6 Å². The van der Waals surface area contributed by atoms with Gasteiger partial charge in [-0.3, -0.25) is 14.4 Å². The Bertz CT molecular complexity index is 982. The van der Waals surface area contributed by atoms with Crippen LogP contribution in [-0.2, 0) is 15.7 Å². The van der Waals surface area contributed by atoms with Crippen molar-refractivity contribution in [2.45, 2.75) is 37.4 Å². The number of pyridine rings is 1. The van der Waals surface area contributed by atoms with Crippen LogP contribution in [-0.4, -0.2) is 71.2 Å². The highest BCUT2D eigenvalue weighted by Crippen LogP contribution is 2.41. The van der Waals surface area contributed by atoms with Crippen LogP contribution in [0.25, 0.3) is 0 Å². The van der Waals surface area contributed by atoms with Crippen molar-refractivity contribution in [3.8, 4) is 0 Å². The zero-order valence-electron chi connectivity index (χ0n) is 17.6. The average molecular weight is 494 g/mol. The molecule has 1 N–H and O–H groups in total. The third kappa shape index (κ3) is 6.14. The number of carbonyl (C=O) groups excluding carboxylic acids is 1. The fraction of sp³-hybridized carbons (Fsp3) is 0.579. The Balaban J connectivity index is 1.20. The Morgan fingerprint density at radius 1 is 1.09 bits per heavy atom. The number of hydrogen-bond donors (Lipinski definition) is 1. The van der Waals surface area contributed by atoms with E-state index in [0.717, 1.165) is 12.1 Å². The number of nitrogens with one attached hydrogen (secondary N) is 1. The van der Waals surface area contributed by atoms with Crippen LogP contribution in [0, 0.1) is 0 Å². The number of nitrogens with zero attached hydrogens (tertiary/aromatic N) is 5. The van der Waals surface area contributed by atoms with Gasteiger partial charge in [0.1, 0.15) is 5.82 Å². The topological polar surface area (TPSA) is 96.6 Å². The van der Waals surface area contributed by atoms with E-state index in [-0.39, 0.29) is 43.0 Å². The molecule has 0 unspecified atom stereocenters. The second-order valence-electron chi connectivity index (χ2n) is 8.02. The van der Waals surface area contributed by atoms with Crippen molar-refractivity contribution in [2.75, 3.05) is 42.9 Å². The van der Waals surface area contributed by atoms with Gasteiger partial charge in [0.05, 0.1) is 18.2 Å². The number of aromatic nitrogens is 3. The molecule has 4 rings (SSSR count). The molecule has 3 heterocycles. The van der Waals surface area contributed by atoms with Gasteiger partial charge >= 0.3 is 18.6 Å². The normalized spacial score (nSPS) is 21.9. The number of carbonyl (C=O) groups is 1. The van der Waals surface area contributed by atoms with Gasteiger partial charge in [0.25, 0.3) is 0 Å². The van der Waals surface area contributed by atoms with E-state index in [4.69, 9.17) is 4.42 Å². The molecule has 0 atom stereocenters. The third-order valence-electron chi connectivity index (χ3n) is 5.54. The lowest BCUT2D eigenvalue weighted by Crippen LogP contribution is -2.48. The smallest absolute Gasteiger partial charge is 0.408 e. The van der Waals surface area contributed by atoms with E-state index in [1.54, 1.807) is 0 Å². The monoisotopic (exact) mass is 494 g/mol. The number of piperazine rings is 1. The molecule has 1 aliphatic carbocycles. The summed E-state index contributed by atoms with van der Waals surface area (Å²) in [6, 6.07) is 2.19. The van der Waals surface area contributed by atoms with E-state index < -0.39 is 30.1 Å². The summed E-state index contributed by atoms with van der Waals surface area (Å²) in [5.41, 5.74) is -0.905. The zero-order chi connectivity index (χ0) is 24.5. The lowest BCUT2D eigenvalue weighted by atomic mass is 9.82. The van der Waals surface area contributed by atoms with E-state index in [9.17, 15) is 31.1 Å². The summed E-state index contributed by atoms with van der Waals surface area (Å²) in [4.78, 5) is 19.5. The molecule has 0 spiro atoms. The van der Waals surface area contributed by atoms with Gasteiger partial charge in [0.2, 0.25) is 11.8 Å². The van der Waals surface area contributed by atoms with E-state index in [2.05, 4.69) is 25.2 Å². The summed E-state index contributed by atoms with van der Waals surface area (Å²) in [7, 11) is 0. The molecule has 1 amide bonds. The Hall–Kier alpha value is -2.94. The minimum atomic E-state index is -4.67. The summed E-state index contributed by atoms with van der Waals surface area (Å²) in [6.07, 6.45) is -9.13. The van der Waals surface area contributed by atoms with E-state index >= 15 is 0 Å². The first-order chi connectivity index (χ1) is 16.0. The number of anilines is 2. The van der Waals surface area contributed by atoms with Crippen LogP contribution in [0.2, 0.25) is 0 Å². The molecule has 2 aromatic heterocycles. The Kier molecular flexibility index (Phi) is 6.66. The van der Waals surface area contributed by atoms with Gasteiger partial charge in [-0.05, 0) is 25.0 Å². The van der Waals surface area contributed by atoms with E-state index in [1.165, 1.54) is 0 Å². The van der Waals surface area contributed by atoms with E-state index in [1.807, 2.05) is 9.80 Å². The molecule has 9 nitrogen and oxygen atoms in total. The first-order valence-corrected chi connectivity index (χ1v) is 10.3. The molecule has 1 saturated carbocycles. The van der Waals surface area contributed by atoms with Crippen molar-refractivity contribution in [2.24, 2.45) is 0 Å². The van der Waals surface area contributed by atoms with Crippen molar-refractivity contribution in [3.05, 3.63) is 29.8 Å². The number of halogens is 6. The zero-order valence-corrected chi connectivity index (χ0v) is 17.6. The molecule has 0 aromatic carbocycles. The quantitative estimate of drug-likeness (QED) is 0.613. The average Bonchev–Trinajstić information content (AvgIpc) is 3.19. The predicted molar refractivity (Wildman–Crippen MR) is 104 cm³/mol. The maximum atomic E-state index is 12.6. The lowest BCUT2D eigenvalue weighted by Gasteiger charge is -2.34. The molecule has 2 aliphatic rings. The third-order valence-corrected chi connectivity index (χ3v) is 5.54. The minimum absolute atomic E-state index is 0.0221. The molecular weight excluding hydrogens is 474 g/mol. The number of rotatable bonds is 6. The van der Waals surface area contributed by atoms with Gasteiger partial charge in [0, 0.05) is 38.3 Å². The van der Waals surface area contributed by atoms with Crippen molar-refractivity contribution < 1.29 is 40.3 Å². The van der Waals surface area contributed by atoms with Gasteiger partial charge in [-0.15, -0.1) is 18.3 Å². The maximum absolute atomic E-state index is 12.6. The van der Waals surface area contributed by atoms with Crippen LogP contribution in [0.3, 0.4) is 0 Å². The van der Waals surface area contributed by atoms with Crippen molar-refractivity contribution in [1.82, 2.24) is 20.1 Å². The van der Waals surface area contributed by atoms with Crippen LogP contribution in [0.4, 0.5) is 38.2 Å². The van der Waals surface area contributed by atoms with Crippen LogP contribution in [0.1, 0.15) is 30.2 Å². The molecule has 2 fully saturated rings. The molecule has 34 heavy (non-hydrogen) atoms. The highest BCUT2D eigenvalue weighted by Gasteiger charge is 2.42. The maximum Gasteiger partial charge on any atom is 0.522 e. The second-order valence-corrected chi connectivity index (χ2v) is 8.02. The molecule has 1 aliphatic heterocycles. The highest BCUT2D eigenvalue weighted by atomic mass is 19.4. The van der Waals surface area contributed by atoms with Gasteiger partial charge in [-0.25, -0.2) is 4.98 Å². The number of alkyl halides is 6. The fourth-order valence-electron chi connectivity index (χ4n) is 3.69. The van der Waals surface area contributed by atoms with Crippen LogP contribution < -0.4 is 10.2 Å². The largest absolute Gasteiger partial charge is 0.522 e. The lowest BCUT2D eigenvalue weighted by molar-refractivity contribution is -0.352. The second kappa shape index (κ2) is 9.37. The van der Waals surface area contributed by atoms with Crippen LogP contribution >= 0.6 is 0 Å². The number of amides is 1. The van der Waals surface area contributed by atoms with Crippen molar-refractivity contribution >= 4 is 17.7 Å². The Morgan fingerprint density at radius 3 is 2.38 bits per heavy atom. The first kappa shape index (κ1) is 24.2. The molecular formula is C19H20F6N6O3. The van der Waals surface area contributed by atoms with Gasteiger partial charge in [-0.2, -0.15) is 13.2 Å². The fourth-order valence-corrected chi connectivity index (χ4v) is 3.69. The predicted octanol–water partition coefficient (Wildman–Crippen LogP) is 3.03. The number of hydrogen-bond acceptors (Lipinski definition) is 8. The van der Waals surface area contributed by atoms with Crippen molar-refractivity contribution in [1.29, 1.82) is 0 Å². The molecule has 1 saturated heterocycles. The minimum Gasteiger partial charge on any atom is -0.408 e. The Morgan fingerprint density at radius 2 is 1.79 bits per heavy atom. The summed E-state index contributed by atoms with van der Waals surface area (Å²) in [5.74, 6) is -0.407.